The SMILES string of the molecule is COc1ccc(C(=O)NCC(=O)NN=Cc2cccc(OC(=O)c3cccc(F)c3)c2)cc1OC. The Bertz CT molecular complexity index is 1260. The minimum absolute atomic E-state index is 0.0754. The van der Waals surface area contributed by atoms with Gasteiger partial charge in [0.1, 0.15) is 11.6 Å². The summed E-state index contributed by atoms with van der Waals surface area (Å²) in [5.41, 5.74) is 3.19. The molecule has 0 saturated heterocycles. The van der Waals surface area contributed by atoms with Crippen LogP contribution in [0, 0.1) is 5.82 Å². The molecule has 0 aliphatic carbocycles. The largest absolute Gasteiger partial charge is 0.493 e. The van der Waals surface area contributed by atoms with Gasteiger partial charge in [0.25, 0.3) is 11.8 Å². The van der Waals surface area contributed by atoms with Gasteiger partial charge in [-0.15, -0.1) is 0 Å². The Hall–Kier alpha value is -4.73. The molecule has 0 bridgehead atoms. The number of hydrazone groups is 1. The van der Waals surface area contributed by atoms with Gasteiger partial charge in [-0.25, -0.2) is 14.6 Å². The van der Waals surface area contributed by atoms with Crippen LogP contribution in [0.1, 0.15) is 26.3 Å². The first-order valence-corrected chi connectivity index (χ1v) is 10.3. The highest BCUT2D eigenvalue weighted by atomic mass is 19.1. The van der Waals surface area contributed by atoms with E-state index in [0.29, 0.717) is 22.6 Å². The number of halogens is 1. The topological polar surface area (TPSA) is 115 Å². The van der Waals surface area contributed by atoms with Gasteiger partial charge in [0.15, 0.2) is 11.5 Å². The van der Waals surface area contributed by atoms with Gasteiger partial charge in [-0.1, -0.05) is 18.2 Å². The standard InChI is InChI=1S/C25H22FN3O6/c1-33-21-10-9-17(13-22(21)34-2)24(31)27-15-23(30)29-28-14-16-5-3-8-20(11-16)35-25(32)18-6-4-7-19(26)12-18/h3-14H,15H2,1-2H3,(H,27,31)(H,29,30). The van der Waals surface area contributed by atoms with Gasteiger partial charge in [-0.2, -0.15) is 5.10 Å². The lowest BCUT2D eigenvalue weighted by molar-refractivity contribution is -0.120. The number of hydrogen-bond acceptors (Lipinski definition) is 7. The normalized spacial score (nSPS) is 10.5. The molecule has 2 amide bonds. The smallest absolute Gasteiger partial charge is 0.343 e. The highest BCUT2D eigenvalue weighted by Crippen LogP contribution is 2.27. The molecule has 9 nitrogen and oxygen atoms in total. The summed E-state index contributed by atoms with van der Waals surface area (Å²) < 4.78 is 28.8. The average molecular weight is 479 g/mol. The van der Waals surface area contributed by atoms with E-state index in [2.05, 4.69) is 15.8 Å². The third kappa shape index (κ3) is 7.13. The summed E-state index contributed by atoms with van der Waals surface area (Å²) in [5, 5.41) is 6.31. The number of nitrogens with one attached hydrogen (secondary N) is 2. The van der Waals surface area contributed by atoms with Crippen LogP contribution in [0.4, 0.5) is 4.39 Å². The van der Waals surface area contributed by atoms with Gasteiger partial charge in [0.05, 0.1) is 32.5 Å². The van der Waals surface area contributed by atoms with E-state index in [0.717, 1.165) is 6.07 Å². The Morgan fingerprint density at radius 1 is 0.914 bits per heavy atom. The summed E-state index contributed by atoms with van der Waals surface area (Å²) in [4.78, 5) is 36.4. The number of carbonyl (C=O) groups is 3. The van der Waals surface area contributed by atoms with Crippen LogP contribution in [0.25, 0.3) is 0 Å². The second-order valence-corrected chi connectivity index (χ2v) is 7.02. The summed E-state index contributed by atoms with van der Waals surface area (Å²) in [6.45, 7) is -0.310. The zero-order chi connectivity index (χ0) is 25.2. The molecule has 3 aromatic carbocycles. The maximum Gasteiger partial charge on any atom is 0.343 e. The quantitative estimate of drug-likeness (QED) is 0.211. The van der Waals surface area contributed by atoms with Crippen molar-refractivity contribution in [3.8, 4) is 17.2 Å². The number of ether oxygens (including phenoxy) is 3. The second kappa shape index (κ2) is 11.9. The Morgan fingerprint density at radius 2 is 1.69 bits per heavy atom. The van der Waals surface area contributed by atoms with Crippen molar-refractivity contribution in [3.05, 3.63) is 89.2 Å². The second-order valence-electron chi connectivity index (χ2n) is 7.02. The lowest BCUT2D eigenvalue weighted by atomic mass is 10.2. The summed E-state index contributed by atoms with van der Waals surface area (Å²) >= 11 is 0. The van der Waals surface area contributed by atoms with Crippen molar-refractivity contribution in [2.24, 2.45) is 5.10 Å². The Balaban J connectivity index is 1.50. The van der Waals surface area contributed by atoms with E-state index in [4.69, 9.17) is 14.2 Å². The number of amides is 2. The number of hydrogen-bond donors (Lipinski definition) is 2. The van der Waals surface area contributed by atoms with Crippen LogP contribution in [0.15, 0.2) is 71.8 Å². The molecule has 2 N–H and O–H groups in total. The van der Waals surface area contributed by atoms with Crippen LogP contribution >= 0.6 is 0 Å². The lowest BCUT2D eigenvalue weighted by Gasteiger charge is -2.09. The number of nitrogens with zero attached hydrogens (tertiary/aromatic N) is 1. The van der Waals surface area contributed by atoms with Crippen LogP contribution in [0.2, 0.25) is 0 Å². The maximum absolute atomic E-state index is 13.3. The van der Waals surface area contributed by atoms with Crippen molar-refractivity contribution in [1.29, 1.82) is 0 Å². The van der Waals surface area contributed by atoms with Crippen LogP contribution < -0.4 is 25.0 Å². The van der Waals surface area contributed by atoms with E-state index in [1.807, 2.05) is 0 Å². The number of methoxy groups -OCH3 is 2. The van der Waals surface area contributed by atoms with Crippen molar-refractivity contribution in [3.63, 3.8) is 0 Å². The molecule has 0 aliphatic heterocycles. The third-order valence-corrected chi connectivity index (χ3v) is 4.59. The molecular weight excluding hydrogens is 457 g/mol. The van der Waals surface area contributed by atoms with Crippen molar-refractivity contribution >= 4 is 24.0 Å². The van der Waals surface area contributed by atoms with Gasteiger partial charge >= 0.3 is 5.97 Å². The molecule has 0 heterocycles. The van der Waals surface area contributed by atoms with Crippen molar-refractivity contribution in [2.45, 2.75) is 0 Å². The first-order valence-electron chi connectivity index (χ1n) is 10.3. The first-order chi connectivity index (χ1) is 16.9. The molecule has 0 aromatic heterocycles. The van der Waals surface area contributed by atoms with Crippen LogP contribution in [-0.4, -0.2) is 44.8 Å². The predicted molar refractivity (Wildman–Crippen MR) is 125 cm³/mol. The molecular formula is C25H22FN3O6. The maximum atomic E-state index is 13.3. The van der Waals surface area contributed by atoms with Crippen molar-refractivity contribution < 1.29 is 33.0 Å². The average Bonchev–Trinajstić information content (AvgIpc) is 2.87. The highest BCUT2D eigenvalue weighted by Gasteiger charge is 2.12. The van der Waals surface area contributed by atoms with E-state index in [9.17, 15) is 18.8 Å². The molecule has 0 unspecified atom stereocenters. The van der Waals surface area contributed by atoms with Crippen molar-refractivity contribution in [1.82, 2.24) is 10.7 Å². The minimum Gasteiger partial charge on any atom is -0.493 e. The molecule has 0 fully saturated rings. The lowest BCUT2D eigenvalue weighted by Crippen LogP contribution is -2.34. The van der Waals surface area contributed by atoms with Crippen molar-refractivity contribution in [2.75, 3.05) is 20.8 Å². The molecule has 0 radical (unpaired) electrons. The van der Waals surface area contributed by atoms with E-state index < -0.39 is 23.6 Å². The molecule has 3 rings (SSSR count). The van der Waals surface area contributed by atoms with Crippen LogP contribution in [0.3, 0.4) is 0 Å². The highest BCUT2D eigenvalue weighted by molar-refractivity contribution is 5.97. The fourth-order valence-electron chi connectivity index (χ4n) is 2.90. The summed E-state index contributed by atoms with van der Waals surface area (Å²) in [6, 6.07) is 16.2. The Labute approximate surface area is 200 Å². The Kier molecular flexibility index (Phi) is 8.49. The monoisotopic (exact) mass is 479 g/mol. The molecule has 10 heteroatoms. The number of esters is 1. The van der Waals surface area contributed by atoms with Gasteiger partial charge in [0.2, 0.25) is 0 Å². The van der Waals surface area contributed by atoms with Gasteiger partial charge in [0, 0.05) is 5.56 Å². The molecule has 0 saturated carbocycles. The molecule has 0 atom stereocenters. The van der Waals surface area contributed by atoms with Gasteiger partial charge < -0.3 is 19.5 Å². The van der Waals surface area contributed by atoms with E-state index >= 15 is 0 Å². The zero-order valence-corrected chi connectivity index (χ0v) is 18.9. The summed E-state index contributed by atoms with van der Waals surface area (Å²) in [5.74, 6) is -1.20. The molecule has 35 heavy (non-hydrogen) atoms. The molecule has 0 spiro atoms. The number of carbonyl (C=O) groups excluding carboxylic acids is 3. The zero-order valence-electron chi connectivity index (χ0n) is 18.9. The van der Waals surface area contributed by atoms with Crippen LogP contribution in [-0.2, 0) is 4.79 Å². The van der Waals surface area contributed by atoms with E-state index in [-0.39, 0.29) is 17.9 Å². The first kappa shape index (κ1) is 24.9. The summed E-state index contributed by atoms with van der Waals surface area (Å²) in [6.07, 6.45) is 1.34. The molecule has 180 valence electrons. The molecule has 0 aliphatic rings. The molecule has 3 aromatic rings. The predicted octanol–water partition coefficient (Wildman–Crippen LogP) is 2.94. The van der Waals surface area contributed by atoms with Gasteiger partial charge in [-0.3, -0.25) is 9.59 Å². The number of benzene rings is 3. The van der Waals surface area contributed by atoms with Crippen LogP contribution in [0.5, 0.6) is 17.2 Å². The summed E-state index contributed by atoms with van der Waals surface area (Å²) in [7, 11) is 2.94. The fourth-order valence-corrected chi connectivity index (χ4v) is 2.90. The van der Waals surface area contributed by atoms with E-state index in [1.165, 1.54) is 50.8 Å². The number of rotatable bonds is 9. The fraction of sp³-hybridized carbons (Fsp3) is 0.120. The van der Waals surface area contributed by atoms with Gasteiger partial charge in [-0.05, 0) is 54.1 Å². The Morgan fingerprint density at radius 3 is 2.43 bits per heavy atom. The minimum atomic E-state index is -0.711. The third-order valence-electron chi connectivity index (χ3n) is 4.59. The van der Waals surface area contributed by atoms with E-state index in [1.54, 1.807) is 30.3 Å².